The third kappa shape index (κ3) is 3.58. The fourth-order valence-electron chi connectivity index (χ4n) is 4.24. The molecule has 1 aliphatic carbocycles. The van der Waals surface area contributed by atoms with Crippen LogP contribution in [-0.4, -0.2) is 36.4 Å². The van der Waals surface area contributed by atoms with Gasteiger partial charge in [0.2, 0.25) is 0 Å². The average molecular weight is 336 g/mol. The van der Waals surface area contributed by atoms with Crippen molar-refractivity contribution in [3.63, 3.8) is 0 Å². The van der Waals surface area contributed by atoms with Crippen LogP contribution in [-0.2, 0) is 0 Å². The Bertz CT molecular complexity index is 701. The van der Waals surface area contributed by atoms with Crippen LogP contribution in [0.3, 0.4) is 0 Å². The molecule has 1 saturated heterocycles. The number of hydrogen-bond donors (Lipinski definition) is 2. The normalized spacial score (nSPS) is 24.2. The van der Waals surface area contributed by atoms with Gasteiger partial charge < -0.3 is 15.3 Å². The molecule has 3 heteroatoms. The number of aliphatic hydroxyl groups is 1. The van der Waals surface area contributed by atoms with Gasteiger partial charge >= 0.3 is 0 Å². The van der Waals surface area contributed by atoms with E-state index in [0.717, 1.165) is 25.9 Å². The largest absolute Gasteiger partial charge is 0.393 e. The van der Waals surface area contributed by atoms with Crippen molar-refractivity contribution < 1.29 is 5.11 Å². The van der Waals surface area contributed by atoms with E-state index in [2.05, 4.69) is 65.7 Å². The third-order valence-corrected chi connectivity index (χ3v) is 5.81. The van der Waals surface area contributed by atoms with Gasteiger partial charge in [0.05, 0.1) is 6.10 Å². The number of anilines is 1. The van der Waals surface area contributed by atoms with E-state index in [1.54, 1.807) is 0 Å². The maximum atomic E-state index is 9.44. The lowest BCUT2D eigenvalue weighted by Crippen LogP contribution is -2.52. The predicted molar refractivity (Wildman–Crippen MR) is 104 cm³/mol. The van der Waals surface area contributed by atoms with E-state index >= 15 is 0 Å². The fourth-order valence-corrected chi connectivity index (χ4v) is 4.24. The van der Waals surface area contributed by atoms with E-state index in [4.69, 9.17) is 0 Å². The van der Waals surface area contributed by atoms with Crippen LogP contribution in [0.2, 0.25) is 0 Å². The number of rotatable bonds is 4. The lowest BCUT2D eigenvalue weighted by atomic mass is 9.88. The first-order chi connectivity index (χ1) is 12.2. The molecule has 0 unspecified atom stereocenters. The number of nitrogens with zero attached hydrogens (tertiary/aromatic N) is 1. The van der Waals surface area contributed by atoms with Gasteiger partial charge in [0.25, 0.3) is 0 Å². The van der Waals surface area contributed by atoms with E-state index in [1.165, 1.54) is 35.2 Å². The lowest BCUT2D eigenvalue weighted by molar-refractivity contribution is 0.0562. The van der Waals surface area contributed by atoms with Gasteiger partial charge in [-0.2, -0.15) is 0 Å². The highest BCUT2D eigenvalue weighted by Gasteiger charge is 2.30. The van der Waals surface area contributed by atoms with E-state index in [1.807, 2.05) is 0 Å². The molecule has 0 aromatic heterocycles. The summed E-state index contributed by atoms with van der Waals surface area (Å²) in [7, 11) is 0. The van der Waals surface area contributed by atoms with Crippen molar-refractivity contribution >= 4 is 5.69 Å². The Labute approximate surface area is 150 Å². The molecule has 2 N–H and O–H groups in total. The Morgan fingerprint density at radius 1 is 0.920 bits per heavy atom. The third-order valence-electron chi connectivity index (χ3n) is 5.81. The molecule has 0 bridgehead atoms. The fraction of sp³-hybridized carbons (Fsp3) is 0.455. The molecule has 2 aromatic carbocycles. The smallest absolute Gasteiger partial charge is 0.0570 e. The first-order valence-corrected chi connectivity index (χ1v) is 9.55. The van der Waals surface area contributed by atoms with E-state index in [0.29, 0.717) is 12.1 Å². The van der Waals surface area contributed by atoms with Crippen molar-refractivity contribution in [2.75, 3.05) is 18.0 Å². The molecule has 1 saturated carbocycles. The van der Waals surface area contributed by atoms with Crippen LogP contribution >= 0.6 is 0 Å². The monoisotopic (exact) mass is 336 g/mol. The van der Waals surface area contributed by atoms with Crippen LogP contribution in [0.25, 0.3) is 11.1 Å². The Kier molecular flexibility index (Phi) is 4.78. The number of benzene rings is 2. The summed E-state index contributed by atoms with van der Waals surface area (Å²) in [5.74, 6) is 0. The highest BCUT2D eigenvalue weighted by atomic mass is 16.3. The molecule has 2 aromatic rings. The van der Waals surface area contributed by atoms with E-state index in [-0.39, 0.29) is 6.10 Å². The predicted octanol–water partition coefficient (Wildman–Crippen LogP) is 3.74. The second-order valence-electron chi connectivity index (χ2n) is 7.57. The summed E-state index contributed by atoms with van der Waals surface area (Å²) in [4.78, 5) is 2.54. The van der Waals surface area contributed by atoms with Crippen molar-refractivity contribution in [2.24, 2.45) is 0 Å². The molecule has 1 heterocycles. The number of hydrogen-bond acceptors (Lipinski definition) is 3. The first kappa shape index (κ1) is 16.6. The Morgan fingerprint density at radius 2 is 1.64 bits per heavy atom. The summed E-state index contributed by atoms with van der Waals surface area (Å²) in [6.07, 6.45) is 4.15. The lowest BCUT2D eigenvalue weighted by Gasteiger charge is -2.40. The summed E-state index contributed by atoms with van der Waals surface area (Å²) < 4.78 is 0. The molecule has 2 aliphatic rings. The molecular formula is C22H28N2O. The molecular weight excluding hydrogens is 308 g/mol. The summed E-state index contributed by atoms with van der Waals surface area (Å²) in [6, 6.07) is 18.5. The zero-order valence-electron chi connectivity index (χ0n) is 15.0. The zero-order valence-corrected chi connectivity index (χ0v) is 15.0. The Balaban J connectivity index is 1.43. The first-order valence-electron chi connectivity index (χ1n) is 9.55. The minimum atomic E-state index is -0.0686. The number of piperidine rings is 1. The van der Waals surface area contributed by atoms with Crippen LogP contribution in [0.15, 0.2) is 48.5 Å². The Morgan fingerprint density at radius 3 is 2.32 bits per heavy atom. The van der Waals surface area contributed by atoms with Crippen molar-refractivity contribution in [1.29, 1.82) is 0 Å². The molecule has 25 heavy (non-hydrogen) atoms. The van der Waals surface area contributed by atoms with Gasteiger partial charge in [-0.15, -0.1) is 0 Å². The maximum absolute atomic E-state index is 9.44. The van der Waals surface area contributed by atoms with Crippen LogP contribution in [0, 0.1) is 6.92 Å². The molecule has 0 amide bonds. The van der Waals surface area contributed by atoms with Crippen LogP contribution in [0.1, 0.15) is 31.2 Å². The molecule has 0 atom stereocenters. The van der Waals surface area contributed by atoms with Crippen molar-refractivity contribution in [2.45, 2.75) is 50.8 Å². The zero-order chi connectivity index (χ0) is 17.2. The van der Waals surface area contributed by atoms with Crippen LogP contribution in [0.5, 0.6) is 0 Å². The molecule has 3 nitrogen and oxygen atoms in total. The van der Waals surface area contributed by atoms with Crippen molar-refractivity contribution in [3.8, 4) is 11.1 Å². The molecule has 0 spiro atoms. The van der Waals surface area contributed by atoms with Gasteiger partial charge in [-0.1, -0.05) is 42.5 Å². The highest BCUT2D eigenvalue weighted by molar-refractivity contribution is 5.74. The quantitative estimate of drug-likeness (QED) is 0.893. The molecule has 2 fully saturated rings. The van der Waals surface area contributed by atoms with Gasteiger partial charge in [0.1, 0.15) is 0 Å². The van der Waals surface area contributed by atoms with E-state index < -0.39 is 0 Å². The van der Waals surface area contributed by atoms with Crippen molar-refractivity contribution in [3.05, 3.63) is 54.1 Å². The summed E-state index contributed by atoms with van der Waals surface area (Å²) >= 11 is 0. The second-order valence-corrected chi connectivity index (χ2v) is 7.57. The summed E-state index contributed by atoms with van der Waals surface area (Å²) in [5.41, 5.74) is 5.38. The standard InChI is InChI=1S/C22H28N2O/c1-16-21(17-6-3-2-4-7-17)8-5-9-22(16)24-12-10-18(11-13-24)23-19-14-20(25)15-19/h2-9,18-20,23,25H,10-15H2,1H3/t19-,20-. The topological polar surface area (TPSA) is 35.5 Å². The summed E-state index contributed by atoms with van der Waals surface area (Å²) in [6.45, 7) is 4.45. The van der Waals surface area contributed by atoms with Gasteiger partial charge in [0, 0.05) is 30.9 Å². The average Bonchev–Trinajstić information content (AvgIpc) is 2.62. The molecule has 132 valence electrons. The van der Waals surface area contributed by atoms with Crippen molar-refractivity contribution in [1.82, 2.24) is 5.32 Å². The second kappa shape index (κ2) is 7.19. The minimum absolute atomic E-state index is 0.0686. The highest BCUT2D eigenvalue weighted by Crippen LogP contribution is 2.32. The number of nitrogens with one attached hydrogen (secondary N) is 1. The van der Waals surface area contributed by atoms with Gasteiger partial charge in [-0.3, -0.25) is 0 Å². The van der Waals surface area contributed by atoms with Crippen LogP contribution in [0.4, 0.5) is 5.69 Å². The molecule has 0 radical (unpaired) electrons. The van der Waals surface area contributed by atoms with Gasteiger partial charge in [-0.05, 0) is 55.4 Å². The molecule has 1 aliphatic heterocycles. The number of aliphatic hydroxyl groups excluding tert-OH is 1. The van der Waals surface area contributed by atoms with Gasteiger partial charge in [-0.25, -0.2) is 0 Å². The van der Waals surface area contributed by atoms with Gasteiger partial charge in [0.15, 0.2) is 0 Å². The molecule has 4 rings (SSSR count). The Hall–Kier alpha value is -1.84. The summed E-state index contributed by atoms with van der Waals surface area (Å²) in [5, 5.41) is 13.2. The SMILES string of the molecule is Cc1c(-c2ccccc2)cccc1N1CCC(N[C@H]2C[C@H](O)C2)CC1. The van der Waals surface area contributed by atoms with Crippen LogP contribution < -0.4 is 10.2 Å². The minimum Gasteiger partial charge on any atom is -0.393 e. The maximum Gasteiger partial charge on any atom is 0.0570 e. The van der Waals surface area contributed by atoms with E-state index in [9.17, 15) is 5.11 Å².